The molecule has 9 heteroatoms. The molecule has 7 atom stereocenters. The van der Waals surface area contributed by atoms with Crippen molar-refractivity contribution in [1.82, 2.24) is 5.32 Å². The molecule has 344 valence electrons. The lowest BCUT2D eigenvalue weighted by Gasteiger charge is -2.40. The van der Waals surface area contributed by atoms with Crippen LogP contribution in [-0.2, 0) is 14.3 Å². The molecule has 0 saturated carbocycles. The van der Waals surface area contributed by atoms with Gasteiger partial charge in [-0.2, -0.15) is 0 Å². The van der Waals surface area contributed by atoms with Gasteiger partial charge in [-0.25, -0.2) is 0 Å². The highest BCUT2D eigenvalue weighted by atomic mass is 16.7. The van der Waals surface area contributed by atoms with Gasteiger partial charge in [-0.3, -0.25) is 4.79 Å². The van der Waals surface area contributed by atoms with E-state index in [0.29, 0.717) is 6.42 Å². The van der Waals surface area contributed by atoms with Crippen molar-refractivity contribution in [3.63, 3.8) is 0 Å². The Hall–Kier alpha value is -1.85. The Labute approximate surface area is 361 Å². The van der Waals surface area contributed by atoms with Crippen LogP contribution < -0.4 is 5.32 Å². The molecular formula is C50H91NO8. The van der Waals surface area contributed by atoms with Crippen LogP contribution in [0.2, 0.25) is 0 Å². The predicted octanol–water partition coefficient (Wildman–Crippen LogP) is 10.6. The summed E-state index contributed by atoms with van der Waals surface area (Å²) in [5.74, 6) is -0.189. The first-order valence-corrected chi connectivity index (χ1v) is 24.4. The SMILES string of the molecule is CCC/C=C/C(O)C(COC1OC(CO)C(O)C(O)C1O)NC(=O)CCCCCCCCCCCCCCCCCCCC/C=C\C/C=C\C/C=C\CCCCCCC. The second-order valence-electron chi connectivity index (χ2n) is 16.9. The Morgan fingerprint density at radius 2 is 1.03 bits per heavy atom. The van der Waals surface area contributed by atoms with Gasteiger partial charge in [-0.05, 0) is 51.4 Å². The van der Waals surface area contributed by atoms with Crippen molar-refractivity contribution in [3.05, 3.63) is 48.6 Å². The number of ether oxygens (including phenoxy) is 2. The average Bonchev–Trinajstić information content (AvgIpc) is 3.23. The fourth-order valence-electron chi connectivity index (χ4n) is 7.46. The fraction of sp³-hybridized carbons (Fsp3) is 0.820. The van der Waals surface area contributed by atoms with E-state index in [1.807, 2.05) is 13.0 Å². The number of hydrogen-bond donors (Lipinski definition) is 6. The van der Waals surface area contributed by atoms with Crippen LogP contribution in [0.3, 0.4) is 0 Å². The highest BCUT2D eigenvalue weighted by Crippen LogP contribution is 2.22. The van der Waals surface area contributed by atoms with Gasteiger partial charge in [0, 0.05) is 6.42 Å². The number of allylic oxidation sites excluding steroid dienone is 7. The van der Waals surface area contributed by atoms with Crippen LogP contribution in [0.5, 0.6) is 0 Å². The van der Waals surface area contributed by atoms with Crippen molar-refractivity contribution >= 4 is 5.91 Å². The summed E-state index contributed by atoms with van der Waals surface area (Å²) in [7, 11) is 0. The van der Waals surface area contributed by atoms with Crippen LogP contribution in [0.25, 0.3) is 0 Å². The summed E-state index contributed by atoms with van der Waals surface area (Å²) in [4.78, 5) is 12.8. The largest absolute Gasteiger partial charge is 0.394 e. The van der Waals surface area contributed by atoms with E-state index >= 15 is 0 Å². The van der Waals surface area contributed by atoms with Gasteiger partial charge in [-0.15, -0.1) is 0 Å². The molecule has 0 radical (unpaired) electrons. The molecule has 1 fully saturated rings. The monoisotopic (exact) mass is 834 g/mol. The van der Waals surface area contributed by atoms with Crippen molar-refractivity contribution in [2.45, 2.75) is 249 Å². The molecule has 1 aliphatic heterocycles. The normalized spacial score (nSPS) is 21.1. The molecule has 1 saturated heterocycles. The lowest BCUT2D eigenvalue weighted by Crippen LogP contribution is -2.60. The number of aliphatic hydroxyl groups excluding tert-OH is 5. The topological polar surface area (TPSA) is 149 Å². The molecule has 0 spiro atoms. The van der Waals surface area contributed by atoms with Crippen molar-refractivity contribution in [3.8, 4) is 0 Å². The number of carbonyl (C=O) groups is 1. The molecule has 0 aliphatic carbocycles. The van der Waals surface area contributed by atoms with Crippen molar-refractivity contribution in [1.29, 1.82) is 0 Å². The van der Waals surface area contributed by atoms with Crippen molar-refractivity contribution in [2.75, 3.05) is 13.2 Å². The number of nitrogens with one attached hydrogen (secondary N) is 1. The van der Waals surface area contributed by atoms with Crippen molar-refractivity contribution < 1.29 is 39.8 Å². The molecule has 0 aromatic rings. The maximum Gasteiger partial charge on any atom is 0.220 e. The van der Waals surface area contributed by atoms with Gasteiger partial charge < -0.3 is 40.3 Å². The van der Waals surface area contributed by atoms with Gasteiger partial charge in [-0.1, -0.05) is 197 Å². The minimum atomic E-state index is -1.56. The number of unbranched alkanes of at least 4 members (excludes halogenated alkanes) is 24. The zero-order chi connectivity index (χ0) is 43.0. The van der Waals surface area contributed by atoms with Gasteiger partial charge in [0.25, 0.3) is 0 Å². The molecule has 1 aliphatic rings. The lowest BCUT2D eigenvalue weighted by atomic mass is 9.99. The number of rotatable bonds is 40. The highest BCUT2D eigenvalue weighted by molar-refractivity contribution is 5.76. The first kappa shape index (κ1) is 55.2. The van der Waals surface area contributed by atoms with Gasteiger partial charge in [0.2, 0.25) is 5.91 Å². The third-order valence-corrected chi connectivity index (χ3v) is 11.4. The maximum absolute atomic E-state index is 12.8. The summed E-state index contributed by atoms with van der Waals surface area (Å²) in [5.41, 5.74) is 0. The van der Waals surface area contributed by atoms with Gasteiger partial charge in [0.15, 0.2) is 6.29 Å². The summed E-state index contributed by atoms with van der Waals surface area (Å²) >= 11 is 0. The molecule has 7 unspecified atom stereocenters. The van der Waals surface area contributed by atoms with Crippen molar-refractivity contribution in [2.24, 2.45) is 0 Å². The Morgan fingerprint density at radius 1 is 0.576 bits per heavy atom. The number of carbonyl (C=O) groups excluding carboxylic acids is 1. The second kappa shape index (κ2) is 40.2. The Kier molecular flexibility index (Phi) is 37.6. The summed E-state index contributed by atoms with van der Waals surface area (Å²) in [5, 5.41) is 53.4. The molecule has 1 rings (SSSR count). The Balaban J connectivity index is 1.97. The van der Waals surface area contributed by atoms with Gasteiger partial charge in [0.05, 0.1) is 25.4 Å². The summed E-state index contributed by atoms with van der Waals surface area (Å²) in [6.45, 7) is 3.54. The lowest BCUT2D eigenvalue weighted by molar-refractivity contribution is -0.302. The first-order valence-electron chi connectivity index (χ1n) is 24.4. The fourth-order valence-corrected chi connectivity index (χ4v) is 7.46. The highest BCUT2D eigenvalue weighted by Gasteiger charge is 2.44. The van der Waals surface area contributed by atoms with Crippen LogP contribution in [-0.4, -0.2) is 87.5 Å². The van der Waals surface area contributed by atoms with E-state index in [2.05, 4.69) is 48.7 Å². The van der Waals surface area contributed by atoms with E-state index in [9.17, 15) is 30.3 Å². The zero-order valence-electron chi connectivity index (χ0n) is 37.7. The molecule has 59 heavy (non-hydrogen) atoms. The number of amides is 1. The van der Waals surface area contributed by atoms with E-state index in [4.69, 9.17) is 9.47 Å². The summed E-state index contributed by atoms with van der Waals surface area (Å²) in [6, 6.07) is -0.799. The predicted molar refractivity (Wildman–Crippen MR) is 244 cm³/mol. The first-order chi connectivity index (χ1) is 28.8. The molecule has 0 bridgehead atoms. The summed E-state index contributed by atoms with van der Waals surface area (Å²) in [6.07, 6.45) is 45.7. The quantitative estimate of drug-likeness (QED) is 0.0264. The van der Waals surface area contributed by atoms with Crippen LogP contribution in [0.15, 0.2) is 48.6 Å². The summed E-state index contributed by atoms with van der Waals surface area (Å²) < 4.78 is 11.1. The van der Waals surface area contributed by atoms with Gasteiger partial charge in [0.1, 0.15) is 24.4 Å². The molecule has 6 N–H and O–H groups in total. The second-order valence-corrected chi connectivity index (χ2v) is 16.9. The standard InChI is InChI=1S/C50H91NO8/c1-3-5-7-8-9-10-11-12-13-14-15-16-17-18-19-20-21-22-23-24-25-26-27-28-29-30-31-32-33-34-35-36-38-40-46(54)51-43(44(53)39-37-6-4-2)42-58-50-49(57)48(56)47(55)45(41-52)59-50/h11-12,14-15,17-18,37,39,43-45,47-50,52-53,55-57H,3-10,13,16,19-36,38,40-42H2,1-2H3,(H,51,54)/b12-11-,15-14-,18-17-,39-37+. The van der Waals surface area contributed by atoms with E-state index in [-0.39, 0.29) is 12.5 Å². The Morgan fingerprint density at radius 3 is 1.51 bits per heavy atom. The molecule has 1 amide bonds. The van der Waals surface area contributed by atoms with E-state index < -0.39 is 49.5 Å². The number of aliphatic hydroxyl groups is 5. The molecule has 0 aromatic heterocycles. The Bertz CT molecular complexity index is 1060. The third-order valence-electron chi connectivity index (χ3n) is 11.4. The van der Waals surface area contributed by atoms with E-state index in [1.54, 1.807) is 6.08 Å². The van der Waals surface area contributed by atoms with E-state index in [1.165, 1.54) is 141 Å². The number of hydrogen-bond acceptors (Lipinski definition) is 8. The zero-order valence-corrected chi connectivity index (χ0v) is 37.7. The molecule has 0 aromatic carbocycles. The molecular weight excluding hydrogens is 743 g/mol. The van der Waals surface area contributed by atoms with Crippen LogP contribution in [0, 0.1) is 0 Å². The average molecular weight is 834 g/mol. The third kappa shape index (κ3) is 30.8. The van der Waals surface area contributed by atoms with E-state index in [0.717, 1.165) is 44.9 Å². The van der Waals surface area contributed by atoms with Crippen LogP contribution >= 0.6 is 0 Å². The molecule has 1 heterocycles. The minimum absolute atomic E-state index is 0.189. The smallest absolute Gasteiger partial charge is 0.220 e. The molecule has 9 nitrogen and oxygen atoms in total. The van der Waals surface area contributed by atoms with Crippen LogP contribution in [0.4, 0.5) is 0 Å². The maximum atomic E-state index is 12.8. The minimum Gasteiger partial charge on any atom is -0.394 e. The van der Waals surface area contributed by atoms with Gasteiger partial charge >= 0.3 is 0 Å². The van der Waals surface area contributed by atoms with Crippen LogP contribution in [0.1, 0.15) is 206 Å².